The largest absolute Gasteiger partial charge is 0.383 e. The molecule has 0 atom stereocenters. The number of aromatic nitrogens is 5. The molecule has 0 aliphatic heterocycles. The summed E-state index contributed by atoms with van der Waals surface area (Å²) in [6.45, 7) is 1.84. The maximum absolute atomic E-state index is 12.5. The number of aromatic amines is 1. The molecule has 0 saturated heterocycles. The fourth-order valence-electron chi connectivity index (χ4n) is 3.65. The number of nitrogen functional groups attached to an aromatic ring is 1. The van der Waals surface area contributed by atoms with Crippen molar-refractivity contribution in [2.75, 3.05) is 5.73 Å². The third kappa shape index (κ3) is 3.42. The summed E-state index contributed by atoms with van der Waals surface area (Å²) in [6.07, 6.45) is 1.64. The molecule has 7 nitrogen and oxygen atoms in total. The lowest BCUT2D eigenvalue weighted by molar-refractivity contribution is 1.07. The summed E-state index contributed by atoms with van der Waals surface area (Å²) in [5.74, 6) is 1.41. The number of aryl methyl sites for hydroxylation is 1. The predicted molar refractivity (Wildman–Crippen MR) is 127 cm³/mol. The molecule has 8 heteroatoms. The van der Waals surface area contributed by atoms with Crippen molar-refractivity contribution in [1.29, 1.82) is 0 Å². The summed E-state index contributed by atoms with van der Waals surface area (Å²) in [6, 6.07) is 18.8. The van der Waals surface area contributed by atoms with Gasteiger partial charge >= 0.3 is 0 Å². The van der Waals surface area contributed by atoms with Gasteiger partial charge in [0.25, 0.3) is 5.56 Å². The summed E-state index contributed by atoms with van der Waals surface area (Å²) in [4.78, 5) is 29.2. The van der Waals surface area contributed by atoms with Crippen LogP contribution in [-0.4, -0.2) is 24.5 Å². The number of nitrogens with one attached hydrogen (secondary N) is 1. The number of anilines is 1. The number of hydrogen-bond donors (Lipinski definition) is 2. The number of hydrogen-bond acceptors (Lipinski definition) is 5. The molecule has 5 rings (SSSR count). The van der Waals surface area contributed by atoms with Crippen LogP contribution < -0.4 is 11.3 Å². The van der Waals surface area contributed by atoms with Gasteiger partial charge in [0.2, 0.25) is 0 Å². The quantitative estimate of drug-likeness (QED) is 0.400. The lowest BCUT2D eigenvalue weighted by atomic mass is 10.1. The number of rotatable bonds is 4. The van der Waals surface area contributed by atoms with Gasteiger partial charge in [-0.3, -0.25) is 9.36 Å². The van der Waals surface area contributed by atoms with Gasteiger partial charge < -0.3 is 10.7 Å². The molecule has 1 aromatic carbocycles. The van der Waals surface area contributed by atoms with Crippen LogP contribution in [0.2, 0.25) is 0 Å². The number of alkyl halides is 1. The first-order valence-corrected chi connectivity index (χ1v) is 10.5. The van der Waals surface area contributed by atoms with E-state index in [1.165, 1.54) is 0 Å². The maximum Gasteiger partial charge on any atom is 0.257 e. The van der Waals surface area contributed by atoms with Crippen LogP contribution in [0, 0.1) is 6.92 Å². The average Bonchev–Trinajstić information content (AvgIpc) is 3.18. The van der Waals surface area contributed by atoms with E-state index in [1.807, 2.05) is 60.0 Å². The van der Waals surface area contributed by atoms with Gasteiger partial charge in [0.05, 0.1) is 16.8 Å². The van der Waals surface area contributed by atoms with E-state index in [2.05, 4.69) is 9.97 Å². The van der Waals surface area contributed by atoms with Crippen LogP contribution in [-0.2, 0) is 5.88 Å². The molecule has 158 valence electrons. The molecule has 5 aromatic rings. The Morgan fingerprint density at radius 2 is 1.81 bits per heavy atom. The summed E-state index contributed by atoms with van der Waals surface area (Å²) in [5, 5.41) is 0. The monoisotopic (exact) mass is 442 g/mol. The van der Waals surface area contributed by atoms with Gasteiger partial charge in [-0.25, -0.2) is 15.0 Å². The van der Waals surface area contributed by atoms with Gasteiger partial charge in [-0.15, -0.1) is 11.6 Å². The Kier molecular flexibility index (Phi) is 4.95. The maximum atomic E-state index is 12.5. The van der Waals surface area contributed by atoms with Crippen molar-refractivity contribution >= 4 is 28.6 Å². The molecule has 32 heavy (non-hydrogen) atoms. The molecule has 0 radical (unpaired) electrons. The lowest BCUT2D eigenvalue weighted by Crippen LogP contribution is -2.10. The minimum atomic E-state index is -0.189. The SMILES string of the molecule is Cc1ccc(-c2ccc3nc(-c4cccnc4N)n(-c4ccc(CCl)cc4)c3n2)c(=O)[nH]1. The zero-order valence-corrected chi connectivity index (χ0v) is 18.0. The fourth-order valence-corrected chi connectivity index (χ4v) is 3.83. The van der Waals surface area contributed by atoms with E-state index in [0.717, 1.165) is 16.9 Å². The van der Waals surface area contributed by atoms with Crippen LogP contribution >= 0.6 is 11.6 Å². The Bertz CT molecular complexity index is 1500. The number of benzene rings is 1. The topological polar surface area (TPSA) is 102 Å². The lowest BCUT2D eigenvalue weighted by Gasteiger charge is -2.11. The Balaban J connectivity index is 1.80. The third-order valence-corrected chi connectivity index (χ3v) is 5.57. The Morgan fingerprint density at radius 1 is 1.00 bits per heavy atom. The van der Waals surface area contributed by atoms with E-state index in [9.17, 15) is 4.79 Å². The smallest absolute Gasteiger partial charge is 0.257 e. The number of imidazole rings is 1. The van der Waals surface area contributed by atoms with Crippen LogP contribution in [0.4, 0.5) is 5.82 Å². The standard InChI is InChI=1S/C24H19ClN6O/c1-14-4-9-17(24(32)28-14)19-10-11-20-23(29-19)31(16-7-5-15(13-25)6-8-16)22(30-20)18-3-2-12-27-21(18)26/h2-12H,13H2,1H3,(H2,26,27)(H,28,32). The fraction of sp³-hybridized carbons (Fsp3) is 0.0833. The van der Waals surface area contributed by atoms with Crippen LogP contribution in [0.5, 0.6) is 0 Å². The third-order valence-electron chi connectivity index (χ3n) is 5.26. The number of H-pyrrole nitrogens is 1. The molecule has 0 bridgehead atoms. The molecule has 0 aliphatic carbocycles. The van der Waals surface area contributed by atoms with E-state index in [-0.39, 0.29) is 5.56 Å². The highest BCUT2D eigenvalue weighted by Crippen LogP contribution is 2.31. The number of fused-ring (bicyclic) bond motifs is 1. The second-order valence-electron chi connectivity index (χ2n) is 7.43. The highest BCUT2D eigenvalue weighted by atomic mass is 35.5. The van der Waals surface area contributed by atoms with E-state index < -0.39 is 0 Å². The van der Waals surface area contributed by atoms with E-state index >= 15 is 0 Å². The van der Waals surface area contributed by atoms with E-state index in [0.29, 0.717) is 45.5 Å². The summed E-state index contributed by atoms with van der Waals surface area (Å²) < 4.78 is 1.92. The van der Waals surface area contributed by atoms with Crippen molar-refractivity contribution < 1.29 is 0 Å². The second kappa shape index (κ2) is 7.94. The molecule has 4 aromatic heterocycles. The number of pyridine rings is 3. The molecule has 3 N–H and O–H groups in total. The molecule has 0 amide bonds. The van der Waals surface area contributed by atoms with Crippen LogP contribution in [0.15, 0.2) is 71.7 Å². The summed E-state index contributed by atoms with van der Waals surface area (Å²) >= 11 is 5.97. The average molecular weight is 443 g/mol. The Morgan fingerprint density at radius 3 is 2.53 bits per heavy atom. The van der Waals surface area contributed by atoms with Crippen LogP contribution in [0.3, 0.4) is 0 Å². The van der Waals surface area contributed by atoms with Gasteiger partial charge in [0.15, 0.2) is 11.5 Å². The highest BCUT2D eigenvalue weighted by molar-refractivity contribution is 6.17. The highest BCUT2D eigenvalue weighted by Gasteiger charge is 2.19. The number of nitrogens with zero attached hydrogens (tertiary/aromatic N) is 4. The molecule has 0 aliphatic rings. The Labute approximate surface area is 188 Å². The van der Waals surface area contributed by atoms with Crippen LogP contribution in [0.25, 0.3) is 39.5 Å². The van der Waals surface area contributed by atoms with Crippen molar-refractivity contribution in [3.05, 3.63) is 88.5 Å². The number of halogens is 1. The van der Waals surface area contributed by atoms with Crippen molar-refractivity contribution in [2.45, 2.75) is 12.8 Å². The van der Waals surface area contributed by atoms with Crippen LogP contribution in [0.1, 0.15) is 11.3 Å². The van der Waals surface area contributed by atoms with Crippen molar-refractivity contribution in [2.24, 2.45) is 0 Å². The minimum absolute atomic E-state index is 0.189. The van der Waals surface area contributed by atoms with E-state index in [4.69, 9.17) is 27.3 Å². The first-order valence-electron chi connectivity index (χ1n) is 10.0. The van der Waals surface area contributed by atoms with Gasteiger partial charge in [-0.2, -0.15) is 0 Å². The van der Waals surface area contributed by atoms with Gasteiger partial charge in [-0.1, -0.05) is 12.1 Å². The molecular formula is C24H19ClN6O. The molecule has 0 unspecified atom stereocenters. The zero-order chi connectivity index (χ0) is 22.2. The molecule has 0 saturated carbocycles. The minimum Gasteiger partial charge on any atom is -0.383 e. The predicted octanol–water partition coefficient (Wildman–Crippen LogP) is 4.47. The van der Waals surface area contributed by atoms with Gasteiger partial charge in [0, 0.05) is 23.5 Å². The molecule has 0 spiro atoms. The van der Waals surface area contributed by atoms with Crippen molar-refractivity contribution in [3.8, 4) is 28.3 Å². The van der Waals surface area contributed by atoms with E-state index in [1.54, 1.807) is 18.3 Å². The van der Waals surface area contributed by atoms with Gasteiger partial charge in [-0.05, 0) is 61.0 Å². The first-order chi connectivity index (χ1) is 15.5. The first kappa shape index (κ1) is 20.0. The molecular weight excluding hydrogens is 424 g/mol. The Hall–Kier alpha value is -3.97. The zero-order valence-electron chi connectivity index (χ0n) is 17.2. The van der Waals surface area contributed by atoms with Crippen molar-refractivity contribution in [3.63, 3.8) is 0 Å². The summed E-state index contributed by atoms with van der Waals surface area (Å²) in [7, 11) is 0. The molecule has 0 fully saturated rings. The van der Waals surface area contributed by atoms with Crippen molar-refractivity contribution in [1.82, 2.24) is 24.5 Å². The molecule has 4 heterocycles. The second-order valence-corrected chi connectivity index (χ2v) is 7.70. The van der Waals surface area contributed by atoms with Gasteiger partial charge in [0.1, 0.15) is 11.3 Å². The normalized spacial score (nSPS) is 11.2. The summed E-state index contributed by atoms with van der Waals surface area (Å²) in [5.41, 5.74) is 11.7. The number of nitrogens with two attached hydrogens (primary N) is 1.